The molecule has 1 saturated carbocycles. The molecule has 4 heteroatoms. The van der Waals surface area contributed by atoms with Gasteiger partial charge in [-0.3, -0.25) is 4.79 Å². The van der Waals surface area contributed by atoms with Crippen molar-refractivity contribution in [3.05, 3.63) is 35.4 Å². The lowest BCUT2D eigenvalue weighted by atomic mass is 9.64. The largest absolute Gasteiger partial charge is 0.378 e. The van der Waals surface area contributed by atoms with Crippen LogP contribution in [0.5, 0.6) is 0 Å². The molecule has 110 valence electrons. The molecule has 1 fully saturated rings. The highest BCUT2D eigenvalue weighted by Gasteiger charge is 2.48. The first kappa shape index (κ1) is 15.0. The third kappa shape index (κ3) is 3.02. The molecule has 0 saturated heterocycles. The lowest BCUT2D eigenvalue weighted by molar-refractivity contribution is -0.114. The number of rotatable bonds is 6. The fourth-order valence-corrected chi connectivity index (χ4v) is 2.79. The topological polar surface area (TPSA) is 64.3 Å². The smallest absolute Gasteiger partial charge is 0.248 e. The molecule has 3 N–H and O–H groups in total. The van der Waals surface area contributed by atoms with Crippen molar-refractivity contribution in [2.75, 3.05) is 6.61 Å². The van der Waals surface area contributed by atoms with E-state index >= 15 is 0 Å². The summed E-state index contributed by atoms with van der Waals surface area (Å²) in [6.45, 7) is 8.00. The highest BCUT2D eigenvalue weighted by Crippen LogP contribution is 2.42. The summed E-state index contributed by atoms with van der Waals surface area (Å²) in [4.78, 5) is 11.2. The Morgan fingerprint density at radius 1 is 1.50 bits per heavy atom. The zero-order valence-corrected chi connectivity index (χ0v) is 12.5. The van der Waals surface area contributed by atoms with Crippen LogP contribution in [0.3, 0.4) is 0 Å². The van der Waals surface area contributed by atoms with E-state index in [4.69, 9.17) is 10.5 Å². The highest BCUT2D eigenvalue weighted by molar-refractivity contribution is 5.92. The van der Waals surface area contributed by atoms with Crippen LogP contribution in [0.4, 0.5) is 0 Å². The van der Waals surface area contributed by atoms with Crippen LogP contribution in [-0.2, 0) is 11.3 Å². The third-order valence-electron chi connectivity index (χ3n) is 4.31. The van der Waals surface area contributed by atoms with E-state index in [1.165, 1.54) is 0 Å². The van der Waals surface area contributed by atoms with Crippen molar-refractivity contribution in [2.45, 2.75) is 45.9 Å². The minimum atomic E-state index is -0.382. The van der Waals surface area contributed by atoms with Gasteiger partial charge in [0.25, 0.3) is 0 Å². The molecule has 1 aromatic carbocycles. The maximum Gasteiger partial charge on any atom is 0.248 e. The van der Waals surface area contributed by atoms with Gasteiger partial charge in [-0.05, 0) is 31.0 Å². The van der Waals surface area contributed by atoms with Gasteiger partial charge in [-0.15, -0.1) is 0 Å². The van der Waals surface area contributed by atoms with E-state index in [0.717, 1.165) is 25.1 Å². The molecule has 2 unspecified atom stereocenters. The van der Waals surface area contributed by atoms with Crippen molar-refractivity contribution in [3.8, 4) is 0 Å². The van der Waals surface area contributed by atoms with Crippen LogP contribution in [0.25, 0.3) is 0 Å². The average Bonchev–Trinajstić information content (AvgIpc) is 2.42. The van der Waals surface area contributed by atoms with E-state index in [1.54, 1.807) is 6.07 Å². The summed E-state index contributed by atoms with van der Waals surface area (Å²) in [6.07, 6.45) is 1.37. The third-order valence-corrected chi connectivity index (χ3v) is 4.31. The molecule has 0 bridgehead atoms. The van der Waals surface area contributed by atoms with Crippen molar-refractivity contribution in [1.82, 2.24) is 5.32 Å². The average molecular weight is 276 g/mol. The Hall–Kier alpha value is -1.39. The van der Waals surface area contributed by atoms with Gasteiger partial charge in [-0.25, -0.2) is 0 Å². The van der Waals surface area contributed by atoms with Gasteiger partial charge in [0, 0.05) is 30.2 Å². The summed E-state index contributed by atoms with van der Waals surface area (Å²) >= 11 is 0. The van der Waals surface area contributed by atoms with Gasteiger partial charge in [0.2, 0.25) is 5.91 Å². The van der Waals surface area contributed by atoms with E-state index in [-0.39, 0.29) is 11.3 Å². The zero-order chi connectivity index (χ0) is 14.8. The molecule has 1 amide bonds. The number of ether oxygens (including phenoxy) is 1. The standard InChI is InChI=1S/C16H24N2O2/c1-4-20-14-9-13(16(14,2)3)18-10-11-6-5-7-12(8-11)15(17)19/h5-8,13-14,18H,4,9-10H2,1-3H3,(H2,17,19). The second-order valence-corrected chi connectivity index (χ2v) is 6.00. The number of hydrogen-bond donors (Lipinski definition) is 2. The molecule has 2 atom stereocenters. The first-order valence-corrected chi connectivity index (χ1v) is 7.19. The number of carbonyl (C=O) groups excluding carboxylic acids is 1. The predicted molar refractivity (Wildman–Crippen MR) is 79.4 cm³/mol. The zero-order valence-electron chi connectivity index (χ0n) is 12.5. The maximum absolute atomic E-state index is 11.2. The molecular formula is C16H24N2O2. The minimum absolute atomic E-state index is 0.150. The number of hydrogen-bond acceptors (Lipinski definition) is 3. The van der Waals surface area contributed by atoms with Gasteiger partial charge in [0.15, 0.2) is 0 Å². The van der Waals surface area contributed by atoms with Crippen molar-refractivity contribution in [2.24, 2.45) is 11.1 Å². The number of benzene rings is 1. The Balaban J connectivity index is 1.90. The summed E-state index contributed by atoms with van der Waals surface area (Å²) in [5.41, 5.74) is 7.08. The molecule has 1 aromatic rings. The van der Waals surface area contributed by atoms with Crippen LogP contribution in [0, 0.1) is 5.41 Å². The Morgan fingerprint density at radius 3 is 2.85 bits per heavy atom. The lowest BCUT2D eigenvalue weighted by Crippen LogP contribution is -2.60. The van der Waals surface area contributed by atoms with Crippen LogP contribution in [0.2, 0.25) is 0 Å². The second kappa shape index (κ2) is 5.94. The Morgan fingerprint density at radius 2 is 2.25 bits per heavy atom. The maximum atomic E-state index is 11.2. The quantitative estimate of drug-likeness (QED) is 0.836. The normalized spacial score (nSPS) is 24.1. The van der Waals surface area contributed by atoms with Crippen LogP contribution >= 0.6 is 0 Å². The number of nitrogens with one attached hydrogen (secondary N) is 1. The van der Waals surface area contributed by atoms with Crippen molar-refractivity contribution < 1.29 is 9.53 Å². The van der Waals surface area contributed by atoms with E-state index in [1.807, 2.05) is 25.1 Å². The van der Waals surface area contributed by atoms with Crippen molar-refractivity contribution >= 4 is 5.91 Å². The number of nitrogens with two attached hydrogens (primary N) is 1. The Bertz CT molecular complexity index is 485. The van der Waals surface area contributed by atoms with Crippen LogP contribution in [0.1, 0.15) is 43.1 Å². The molecule has 1 aliphatic carbocycles. The number of carbonyl (C=O) groups is 1. The highest BCUT2D eigenvalue weighted by atomic mass is 16.5. The number of amides is 1. The molecule has 0 aliphatic heterocycles. The molecule has 4 nitrogen and oxygen atoms in total. The molecule has 0 radical (unpaired) electrons. The predicted octanol–water partition coefficient (Wildman–Crippen LogP) is 2.08. The summed E-state index contributed by atoms with van der Waals surface area (Å²) in [7, 11) is 0. The first-order valence-electron chi connectivity index (χ1n) is 7.19. The van der Waals surface area contributed by atoms with Crippen LogP contribution < -0.4 is 11.1 Å². The van der Waals surface area contributed by atoms with E-state index in [0.29, 0.717) is 17.7 Å². The molecule has 0 spiro atoms. The molecule has 0 heterocycles. The SMILES string of the molecule is CCOC1CC(NCc2cccc(C(N)=O)c2)C1(C)C. The Labute approximate surface area is 120 Å². The fraction of sp³-hybridized carbons (Fsp3) is 0.562. The van der Waals surface area contributed by atoms with Gasteiger partial charge in [-0.1, -0.05) is 26.0 Å². The van der Waals surface area contributed by atoms with Crippen molar-refractivity contribution in [3.63, 3.8) is 0 Å². The minimum Gasteiger partial charge on any atom is -0.378 e. The van der Waals surface area contributed by atoms with Gasteiger partial charge in [0.05, 0.1) is 6.10 Å². The molecule has 2 rings (SSSR count). The van der Waals surface area contributed by atoms with Crippen molar-refractivity contribution in [1.29, 1.82) is 0 Å². The summed E-state index contributed by atoms with van der Waals surface area (Å²) in [5.74, 6) is -0.382. The van der Waals surface area contributed by atoms with E-state index in [2.05, 4.69) is 19.2 Å². The van der Waals surface area contributed by atoms with Gasteiger partial charge < -0.3 is 15.8 Å². The summed E-state index contributed by atoms with van der Waals surface area (Å²) < 4.78 is 5.72. The van der Waals surface area contributed by atoms with Crippen LogP contribution in [-0.4, -0.2) is 24.7 Å². The summed E-state index contributed by atoms with van der Waals surface area (Å²) in [6, 6.07) is 7.90. The Kier molecular flexibility index (Phi) is 4.45. The van der Waals surface area contributed by atoms with Crippen LogP contribution in [0.15, 0.2) is 24.3 Å². The lowest BCUT2D eigenvalue weighted by Gasteiger charge is -2.52. The molecule has 20 heavy (non-hydrogen) atoms. The monoisotopic (exact) mass is 276 g/mol. The van der Waals surface area contributed by atoms with E-state index < -0.39 is 0 Å². The summed E-state index contributed by atoms with van der Waals surface area (Å²) in [5, 5.41) is 3.55. The first-order chi connectivity index (χ1) is 9.45. The molecule has 1 aliphatic rings. The molecular weight excluding hydrogens is 252 g/mol. The van der Waals surface area contributed by atoms with Gasteiger partial charge in [-0.2, -0.15) is 0 Å². The van der Waals surface area contributed by atoms with Gasteiger partial charge in [0.1, 0.15) is 0 Å². The number of primary amides is 1. The second-order valence-electron chi connectivity index (χ2n) is 6.00. The fourth-order valence-electron chi connectivity index (χ4n) is 2.79. The van der Waals surface area contributed by atoms with Gasteiger partial charge >= 0.3 is 0 Å². The van der Waals surface area contributed by atoms with E-state index in [9.17, 15) is 4.79 Å². The molecule has 0 aromatic heterocycles.